The molecule has 362 valence electrons. The summed E-state index contributed by atoms with van der Waals surface area (Å²) in [4.78, 5) is 38.0. The van der Waals surface area contributed by atoms with Crippen molar-refractivity contribution in [2.75, 3.05) is 13.2 Å². The molecule has 0 aliphatic heterocycles. The van der Waals surface area contributed by atoms with Gasteiger partial charge in [0.1, 0.15) is 13.2 Å². The van der Waals surface area contributed by atoms with Crippen molar-refractivity contribution in [3.05, 3.63) is 72.9 Å². The van der Waals surface area contributed by atoms with Crippen molar-refractivity contribution in [3.8, 4) is 0 Å². The highest BCUT2D eigenvalue weighted by atomic mass is 16.6. The predicted octanol–water partition coefficient (Wildman–Crippen LogP) is 17.4. The van der Waals surface area contributed by atoms with Crippen molar-refractivity contribution in [1.29, 1.82) is 0 Å². The molecule has 0 fully saturated rings. The summed E-state index contributed by atoms with van der Waals surface area (Å²) in [5.41, 5.74) is 0. The molecule has 1 unspecified atom stereocenters. The Balaban J connectivity index is 4.39. The molecule has 0 bridgehead atoms. The van der Waals surface area contributed by atoms with E-state index in [1.54, 1.807) is 0 Å². The van der Waals surface area contributed by atoms with E-state index in [0.29, 0.717) is 19.3 Å². The third-order valence-corrected chi connectivity index (χ3v) is 11.2. The van der Waals surface area contributed by atoms with Crippen LogP contribution in [0.4, 0.5) is 0 Å². The van der Waals surface area contributed by atoms with Crippen molar-refractivity contribution in [2.24, 2.45) is 0 Å². The minimum Gasteiger partial charge on any atom is -0.462 e. The Labute approximate surface area is 389 Å². The molecule has 63 heavy (non-hydrogen) atoms. The highest BCUT2D eigenvalue weighted by molar-refractivity contribution is 5.71. The van der Waals surface area contributed by atoms with Crippen molar-refractivity contribution in [1.82, 2.24) is 0 Å². The van der Waals surface area contributed by atoms with E-state index in [1.807, 2.05) is 0 Å². The van der Waals surface area contributed by atoms with Crippen LogP contribution in [0.15, 0.2) is 72.9 Å². The van der Waals surface area contributed by atoms with E-state index in [9.17, 15) is 14.4 Å². The van der Waals surface area contributed by atoms with E-state index in [-0.39, 0.29) is 31.1 Å². The fourth-order valence-electron chi connectivity index (χ4n) is 7.17. The molecule has 0 rings (SSSR count). The van der Waals surface area contributed by atoms with E-state index in [0.717, 1.165) is 103 Å². The molecule has 6 heteroatoms. The Hall–Kier alpha value is -3.15. The number of unbranched alkanes of at least 4 members (excludes halogenated alkanes) is 24. The summed E-state index contributed by atoms with van der Waals surface area (Å²) in [6, 6.07) is 0. The average Bonchev–Trinajstić information content (AvgIpc) is 3.28. The lowest BCUT2D eigenvalue weighted by Crippen LogP contribution is -2.30. The molecular formula is C57H98O6. The van der Waals surface area contributed by atoms with Crippen molar-refractivity contribution in [2.45, 2.75) is 258 Å². The van der Waals surface area contributed by atoms with Crippen LogP contribution in [0, 0.1) is 0 Å². The normalized spacial score (nSPS) is 12.6. The summed E-state index contributed by atoms with van der Waals surface area (Å²) in [5, 5.41) is 0. The molecule has 0 amide bonds. The van der Waals surface area contributed by atoms with Crippen LogP contribution in [-0.4, -0.2) is 37.2 Å². The number of ether oxygens (including phenoxy) is 3. The molecule has 0 aliphatic rings. The highest BCUT2D eigenvalue weighted by Gasteiger charge is 2.19. The zero-order valence-electron chi connectivity index (χ0n) is 41.3. The monoisotopic (exact) mass is 879 g/mol. The lowest BCUT2D eigenvalue weighted by atomic mass is 10.1. The maximum atomic E-state index is 12.8. The Bertz CT molecular complexity index is 1190. The molecular weight excluding hydrogens is 781 g/mol. The van der Waals surface area contributed by atoms with Gasteiger partial charge in [0.05, 0.1) is 0 Å². The van der Waals surface area contributed by atoms with Gasteiger partial charge in [-0.05, 0) is 103 Å². The molecule has 0 N–H and O–H groups in total. The summed E-state index contributed by atoms with van der Waals surface area (Å²) in [6.45, 7) is 6.45. The molecule has 0 aliphatic carbocycles. The van der Waals surface area contributed by atoms with Gasteiger partial charge in [0.25, 0.3) is 0 Å². The van der Waals surface area contributed by atoms with E-state index in [1.165, 1.54) is 109 Å². The summed E-state index contributed by atoms with van der Waals surface area (Å²) in [7, 11) is 0. The van der Waals surface area contributed by atoms with Crippen LogP contribution in [0.25, 0.3) is 0 Å². The van der Waals surface area contributed by atoms with Gasteiger partial charge < -0.3 is 14.2 Å². The first kappa shape index (κ1) is 59.9. The quantitative estimate of drug-likeness (QED) is 0.0262. The largest absolute Gasteiger partial charge is 0.462 e. The Morgan fingerprint density at radius 2 is 0.635 bits per heavy atom. The first-order valence-corrected chi connectivity index (χ1v) is 26.4. The molecule has 0 aromatic heterocycles. The summed E-state index contributed by atoms with van der Waals surface area (Å²) in [5.74, 6) is -0.911. The maximum Gasteiger partial charge on any atom is 0.306 e. The van der Waals surface area contributed by atoms with E-state index >= 15 is 0 Å². The van der Waals surface area contributed by atoms with Gasteiger partial charge in [0, 0.05) is 19.3 Å². The average molecular weight is 879 g/mol. The van der Waals surface area contributed by atoms with Gasteiger partial charge in [0.2, 0.25) is 0 Å². The molecule has 0 aromatic rings. The Morgan fingerprint density at radius 3 is 1.03 bits per heavy atom. The van der Waals surface area contributed by atoms with E-state index < -0.39 is 6.10 Å². The fourth-order valence-corrected chi connectivity index (χ4v) is 7.17. The van der Waals surface area contributed by atoms with Crippen LogP contribution in [0.1, 0.15) is 252 Å². The van der Waals surface area contributed by atoms with Crippen LogP contribution in [0.5, 0.6) is 0 Å². The number of carbonyl (C=O) groups excluding carboxylic acids is 3. The lowest BCUT2D eigenvalue weighted by molar-refractivity contribution is -0.167. The Kier molecular flexibility index (Phi) is 48.9. The second-order valence-electron chi connectivity index (χ2n) is 17.4. The van der Waals surface area contributed by atoms with Gasteiger partial charge in [-0.2, -0.15) is 0 Å². The van der Waals surface area contributed by atoms with Crippen LogP contribution >= 0.6 is 0 Å². The molecule has 0 spiro atoms. The zero-order valence-corrected chi connectivity index (χ0v) is 41.3. The van der Waals surface area contributed by atoms with Crippen LogP contribution < -0.4 is 0 Å². The molecule has 0 radical (unpaired) electrons. The van der Waals surface area contributed by atoms with Gasteiger partial charge in [-0.3, -0.25) is 14.4 Å². The van der Waals surface area contributed by atoms with Gasteiger partial charge in [-0.25, -0.2) is 0 Å². The number of rotatable bonds is 47. The fraction of sp³-hybridized carbons (Fsp3) is 0.737. The van der Waals surface area contributed by atoms with E-state index in [4.69, 9.17) is 14.2 Å². The SMILES string of the molecule is CC/C=C\C/C=C\C/C=C\CCCCCCCCCC(=O)OCC(COC(=O)CCCCCCC/C=C\CCCC)OC(=O)CCCCCCCCC/C=C\C/C=C\CCCCC. The third kappa shape index (κ3) is 49.7. The number of esters is 3. The van der Waals surface area contributed by atoms with Crippen LogP contribution in [0.3, 0.4) is 0 Å². The smallest absolute Gasteiger partial charge is 0.306 e. The van der Waals surface area contributed by atoms with E-state index in [2.05, 4.69) is 93.7 Å². The molecule has 1 atom stereocenters. The molecule has 0 saturated carbocycles. The van der Waals surface area contributed by atoms with Crippen LogP contribution in [0.2, 0.25) is 0 Å². The highest BCUT2D eigenvalue weighted by Crippen LogP contribution is 2.14. The molecule has 0 aromatic carbocycles. The third-order valence-electron chi connectivity index (χ3n) is 11.2. The van der Waals surface area contributed by atoms with Gasteiger partial charge in [-0.1, -0.05) is 203 Å². The minimum absolute atomic E-state index is 0.0864. The van der Waals surface area contributed by atoms with Gasteiger partial charge in [-0.15, -0.1) is 0 Å². The van der Waals surface area contributed by atoms with Gasteiger partial charge in [0.15, 0.2) is 6.10 Å². The molecule has 0 saturated heterocycles. The summed E-state index contributed by atoms with van der Waals surface area (Å²) in [6.07, 6.45) is 64.5. The summed E-state index contributed by atoms with van der Waals surface area (Å²) >= 11 is 0. The molecule has 6 nitrogen and oxygen atoms in total. The standard InChI is InChI=1S/C57H98O6/c1-4-7-10-13-16-19-22-24-26-28-30-32-35-38-41-44-47-50-56(59)62-53-54(52-61-55(58)49-46-43-40-37-34-21-18-15-12-9-6-3)63-57(60)51-48-45-42-39-36-33-31-29-27-25-23-20-17-14-11-8-5-2/h7,10,15-20,24-27,54H,4-6,8-9,11-14,21-23,28-53H2,1-3H3/b10-7-,18-15-,19-16-,20-17-,26-24-,27-25-. The minimum atomic E-state index is -0.786. The predicted molar refractivity (Wildman–Crippen MR) is 270 cm³/mol. The second kappa shape index (κ2) is 51.5. The second-order valence-corrected chi connectivity index (χ2v) is 17.4. The van der Waals surface area contributed by atoms with Gasteiger partial charge >= 0.3 is 17.9 Å². The maximum absolute atomic E-state index is 12.8. The Morgan fingerprint density at radius 1 is 0.333 bits per heavy atom. The van der Waals surface area contributed by atoms with Crippen molar-refractivity contribution >= 4 is 17.9 Å². The lowest BCUT2D eigenvalue weighted by Gasteiger charge is -2.18. The van der Waals surface area contributed by atoms with Crippen LogP contribution in [-0.2, 0) is 28.6 Å². The van der Waals surface area contributed by atoms with Crippen molar-refractivity contribution < 1.29 is 28.6 Å². The molecule has 0 heterocycles. The first-order chi connectivity index (χ1) is 31.0. The number of allylic oxidation sites excluding steroid dienone is 12. The zero-order chi connectivity index (χ0) is 45.8. The number of carbonyl (C=O) groups is 3. The topological polar surface area (TPSA) is 78.9 Å². The summed E-state index contributed by atoms with van der Waals surface area (Å²) < 4.78 is 16.8. The number of hydrogen-bond donors (Lipinski definition) is 0. The van der Waals surface area contributed by atoms with Crippen molar-refractivity contribution in [3.63, 3.8) is 0 Å². The number of hydrogen-bond acceptors (Lipinski definition) is 6. The first-order valence-electron chi connectivity index (χ1n) is 26.4.